The van der Waals surface area contributed by atoms with E-state index >= 15 is 0 Å². The van der Waals surface area contributed by atoms with Gasteiger partial charge in [0.25, 0.3) is 5.91 Å². The number of hydrogen-bond acceptors (Lipinski definition) is 5. The minimum atomic E-state index is -0.0878. The van der Waals surface area contributed by atoms with E-state index in [0.29, 0.717) is 30.4 Å². The number of anilines is 2. The second-order valence-corrected chi connectivity index (χ2v) is 7.08. The Balaban J connectivity index is 1.53. The Bertz CT molecular complexity index is 1020. The molecule has 1 N–H and O–H groups in total. The summed E-state index contributed by atoms with van der Waals surface area (Å²) < 4.78 is 5.19. The first-order valence-corrected chi connectivity index (χ1v) is 9.76. The number of ether oxygens (including phenoxy) is 1. The molecule has 0 bridgehead atoms. The average Bonchev–Trinajstić information content (AvgIpc) is 2.77. The predicted octanol–water partition coefficient (Wildman–Crippen LogP) is 4.00. The molecular weight excluding hydrogens is 364 g/mol. The van der Waals surface area contributed by atoms with Crippen LogP contribution in [0, 0.1) is 6.92 Å². The quantitative estimate of drug-likeness (QED) is 0.716. The number of benzene rings is 2. The van der Waals surface area contributed by atoms with E-state index in [1.165, 1.54) is 5.56 Å². The Morgan fingerprint density at radius 1 is 1.14 bits per heavy atom. The summed E-state index contributed by atoms with van der Waals surface area (Å²) in [6.07, 6.45) is 1.95. The summed E-state index contributed by atoms with van der Waals surface area (Å²) in [6, 6.07) is 17.6. The lowest BCUT2D eigenvalue weighted by molar-refractivity contribution is 0.0980. The number of aryl methyl sites for hydroxylation is 2. The molecule has 4 rings (SSSR count). The van der Waals surface area contributed by atoms with E-state index < -0.39 is 0 Å². The first kappa shape index (κ1) is 18.9. The monoisotopic (exact) mass is 388 g/mol. The van der Waals surface area contributed by atoms with E-state index in [4.69, 9.17) is 4.74 Å². The number of nitrogens with one attached hydrogen (secondary N) is 1. The molecule has 2 aromatic carbocycles. The van der Waals surface area contributed by atoms with Crippen LogP contribution in [0.1, 0.15) is 33.9 Å². The van der Waals surface area contributed by atoms with Gasteiger partial charge < -0.3 is 15.0 Å². The summed E-state index contributed by atoms with van der Waals surface area (Å²) in [4.78, 5) is 23.9. The molecule has 6 heteroatoms. The second kappa shape index (κ2) is 8.31. The van der Waals surface area contributed by atoms with Crippen LogP contribution in [0.15, 0.2) is 54.6 Å². The minimum absolute atomic E-state index is 0.0878. The molecule has 0 unspecified atom stereocenters. The van der Waals surface area contributed by atoms with Crippen molar-refractivity contribution in [3.8, 4) is 5.75 Å². The smallest absolute Gasteiger partial charge is 0.277 e. The van der Waals surface area contributed by atoms with Gasteiger partial charge in [0.05, 0.1) is 7.11 Å². The minimum Gasteiger partial charge on any atom is -0.497 e. The van der Waals surface area contributed by atoms with Gasteiger partial charge in [-0.05, 0) is 49.1 Å². The normalized spacial score (nSPS) is 13.0. The molecule has 148 valence electrons. The molecule has 0 radical (unpaired) electrons. The molecule has 1 aromatic heterocycles. The fraction of sp³-hybridized carbons (Fsp3) is 0.261. The summed E-state index contributed by atoms with van der Waals surface area (Å²) in [5, 5.41) is 3.29. The predicted molar refractivity (Wildman–Crippen MR) is 114 cm³/mol. The van der Waals surface area contributed by atoms with Crippen molar-refractivity contribution in [2.45, 2.75) is 26.3 Å². The molecule has 0 spiro atoms. The number of para-hydroxylation sites is 1. The van der Waals surface area contributed by atoms with Crippen LogP contribution in [0.4, 0.5) is 11.5 Å². The molecular formula is C23H24N4O2. The van der Waals surface area contributed by atoms with E-state index in [1.807, 2.05) is 47.4 Å². The second-order valence-electron chi connectivity index (χ2n) is 7.08. The standard InChI is InChI=1S/C23H24N4O2/c1-16-25-20(23(28)27-13-5-7-18-6-3-4-8-21(18)27)14-22(26-16)24-15-17-9-11-19(29-2)12-10-17/h3-4,6,8-12,14H,5,7,13,15H2,1-2H3,(H,24,25,26). The van der Waals surface area contributed by atoms with Gasteiger partial charge in [-0.3, -0.25) is 4.79 Å². The molecule has 0 saturated heterocycles. The van der Waals surface area contributed by atoms with E-state index in [0.717, 1.165) is 29.8 Å². The van der Waals surface area contributed by atoms with Gasteiger partial charge in [0.1, 0.15) is 23.1 Å². The maximum absolute atomic E-state index is 13.2. The van der Waals surface area contributed by atoms with Crippen LogP contribution >= 0.6 is 0 Å². The van der Waals surface area contributed by atoms with Gasteiger partial charge in [0.15, 0.2) is 0 Å². The van der Waals surface area contributed by atoms with Crippen LogP contribution in [0.5, 0.6) is 5.75 Å². The van der Waals surface area contributed by atoms with Gasteiger partial charge in [-0.2, -0.15) is 0 Å². The Morgan fingerprint density at radius 3 is 2.72 bits per heavy atom. The third-order valence-electron chi connectivity index (χ3n) is 5.05. The van der Waals surface area contributed by atoms with Crippen LogP contribution in [0.3, 0.4) is 0 Å². The van der Waals surface area contributed by atoms with Crippen molar-refractivity contribution < 1.29 is 9.53 Å². The molecule has 3 aromatic rings. The van der Waals surface area contributed by atoms with Crippen LogP contribution in [-0.2, 0) is 13.0 Å². The lowest BCUT2D eigenvalue weighted by Crippen LogP contribution is -2.36. The molecule has 1 aliphatic rings. The van der Waals surface area contributed by atoms with Crippen molar-refractivity contribution in [3.05, 3.63) is 77.2 Å². The summed E-state index contributed by atoms with van der Waals surface area (Å²) in [7, 11) is 1.65. The number of carbonyl (C=O) groups excluding carboxylic acids is 1. The van der Waals surface area contributed by atoms with Crippen molar-refractivity contribution in [2.24, 2.45) is 0 Å². The van der Waals surface area contributed by atoms with Crippen LogP contribution in [0.2, 0.25) is 0 Å². The average molecular weight is 388 g/mol. The molecule has 0 atom stereocenters. The molecule has 2 heterocycles. The van der Waals surface area contributed by atoms with E-state index in [-0.39, 0.29) is 5.91 Å². The highest BCUT2D eigenvalue weighted by atomic mass is 16.5. The van der Waals surface area contributed by atoms with Gasteiger partial charge >= 0.3 is 0 Å². The molecule has 0 saturated carbocycles. The van der Waals surface area contributed by atoms with Crippen molar-refractivity contribution >= 4 is 17.4 Å². The Labute approximate surface area is 170 Å². The molecule has 29 heavy (non-hydrogen) atoms. The number of amides is 1. The Hall–Kier alpha value is -3.41. The fourth-order valence-electron chi connectivity index (χ4n) is 3.59. The van der Waals surface area contributed by atoms with Gasteiger partial charge in [-0.15, -0.1) is 0 Å². The van der Waals surface area contributed by atoms with Crippen LogP contribution in [-0.4, -0.2) is 29.5 Å². The number of rotatable bonds is 5. The molecule has 6 nitrogen and oxygen atoms in total. The fourth-order valence-corrected chi connectivity index (χ4v) is 3.59. The van der Waals surface area contributed by atoms with E-state index in [2.05, 4.69) is 21.4 Å². The number of aromatic nitrogens is 2. The zero-order valence-electron chi connectivity index (χ0n) is 16.7. The number of carbonyl (C=O) groups is 1. The zero-order chi connectivity index (χ0) is 20.2. The third-order valence-corrected chi connectivity index (χ3v) is 5.05. The number of methoxy groups -OCH3 is 1. The first-order chi connectivity index (χ1) is 14.1. The zero-order valence-corrected chi connectivity index (χ0v) is 16.7. The lowest BCUT2D eigenvalue weighted by atomic mass is 10.0. The number of nitrogens with zero attached hydrogens (tertiary/aromatic N) is 3. The van der Waals surface area contributed by atoms with Crippen LogP contribution < -0.4 is 15.0 Å². The van der Waals surface area contributed by atoms with Gasteiger partial charge in [0.2, 0.25) is 0 Å². The molecule has 1 aliphatic heterocycles. The van der Waals surface area contributed by atoms with Crippen LogP contribution in [0.25, 0.3) is 0 Å². The lowest BCUT2D eigenvalue weighted by Gasteiger charge is -2.29. The summed E-state index contributed by atoms with van der Waals surface area (Å²) in [6.45, 7) is 3.10. The highest BCUT2D eigenvalue weighted by molar-refractivity contribution is 6.05. The summed E-state index contributed by atoms with van der Waals surface area (Å²) >= 11 is 0. The van der Waals surface area contributed by atoms with Crippen molar-refractivity contribution in [2.75, 3.05) is 23.9 Å². The largest absolute Gasteiger partial charge is 0.497 e. The first-order valence-electron chi connectivity index (χ1n) is 9.76. The third kappa shape index (κ3) is 4.21. The Kier molecular flexibility index (Phi) is 5.42. The molecule has 1 amide bonds. The maximum atomic E-state index is 13.2. The highest BCUT2D eigenvalue weighted by Gasteiger charge is 2.24. The van der Waals surface area contributed by atoms with Crippen molar-refractivity contribution in [1.82, 2.24) is 9.97 Å². The molecule has 0 fully saturated rings. The number of hydrogen-bond donors (Lipinski definition) is 1. The SMILES string of the molecule is COc1ccc(CNc2cc(C(=O)N3CCCc4ccccc43)nc(C)n2)cc1. The van der Waals surface area contributed by atoms with E-state index in [9.17, 15) is 4.79 Å². The number of fused-ring (bicyclic) bond motifs is 1. The molecule has 0 aliphatic carbocycles. The van der Waals surface area contributed by atoms with Gasteiger partial charge in [0, 0.05) is 24.8 Å². The van der Waals surface area contributed by atoms with Crippen molar-refractivity contribution in [1.29, 1.82) is 0 Å². The van der Waals surface area contributed by atoms with Gasteiger partial charge in [-0.25, -0.2) is 9.97 Å². The van der Waals surface area contributed by atoms with Gasteiger partial charge in [-0.1, -0.05) is 30.3 Å². The summed E-state index contributed by atoms with van der Waals surface area (Å²) in [5.74, 6) is 1.94. The highest BCUT2D eigenvalue weighted by Crippen LogP contribution is 2.28. The Morgan fingerprint density at radius 2 is 1.93 bits per heavy atom. The van der Waals surface area contributed by atoms with E-state index in [1.54, 1.807) is 20.1 Å². The topological polar surface area (TPSA) is 67.3 Å². The van der Waals surface area contributed by atoms with Crippen molar-refractivity contribution in [3.63, 3.8) is 0 Å². The maximum Gasteiger partial charge on any atom is 0.277 e. The summed E-state index contributed by atoms with van der Waals surface area (Å²) in [5.41, 5.74) is 3.69.